The summed E-state index contributed by atoms with van der Waals surface area (Å²) < 4.78 is 5.35. The molecule has 35 heavy (non-hydrogen) atoms. The van der Waals surface area contributed by atoms with Crippen LogP contribution in [0.3, 0.4) is 0 Å². The molecule has 0 saturated heterocycles. The van der Waals surface area contributed by atoms with E-state index in [-0.39, 0.29) is 0 Å². The summed E-state index contributed by atoms with van der Waals surface area (Å²) in [6.07, 6.45) is 8.10. The van der Waals surface area contributed by atoms with Gasteiger partial charge < -0.3 is 5.32 Å². The van der Waals surface area contributed by atoms with Crippen molar-refractivity contribution in [2.75, 3.05) is 6.54 Å². The molecule has 1 unspecified atom stereocenters. The number of hydrogen-bond acceptors (Lipinski definition) is 2. The minimum atomic E-state index is 0.514. The van der Waals surface area contributed by atoms with Crippen LogP contribution in [0.4, 0.5) is 0 Å². The summed E-state index contributed by atoms with van der Waals surface area (Å²) in [5.74, 6) is 1.70. The number of fused-ring (bicyclic) bond motifs is 11. The van der Waals surface area contributed by atoms with Crippen molar-refractivity contribution < 1.29 is 0 Å². The molecule has 1 aliphatic carbocycles. The lowest BCUT2D eigenvalue weighted by Gasteiger charge is -2.22. The molecule has 2 aromatic heterocycles. The van der Waals surface area contributed by atoms with Crippen molar-refractivity contribution in [1.29, 1.82) is 0 Å². The Morgan fingerprint density at radius 1 is 0.857 bits per heavy atom. The van der Waals surface area contributed by atoms with E-state index in [2.05, 4.69) is 108 Å². The number of para-hydroxylation sites is 1. The van der Waals surface area contributed by atoms with Crippen molar-refractivity contribution in [2.45, 2.75) is 19.3 Å². The second kappa shape index (κ2) is 7.10. The average molecular weight is 469 g/mol. The minimum Gasteiger partial charge on any atom is -0.367 e. The van der Waals surface area contributed by atoms with Gasteiger partial charge in [0.15, 0.2) is 0 Å². The van der Waals surface area contributed by atoms with Gasteiger partial charge in [-0.1, -0.05) is 91.9 Å². The van der Waals surface area contributed by atoms with E-state index in [0.717, 1.165) is 13.0 Å². The van der Waals surface area contributed by atoms with Gasteiger partial charge >= 0.3 is 0 Å². The molecule has 4 aromatic carbocycles. The maximum atomic E-state index is 3.75. The van der Waals surface area contributed by atoms with Gasteiger partial charge in [-0.3, -0.25) is 4.57 Å². The van der Waals surface area contributed by atoms with E-state index >= 15 is 0 Å². The van der Waals surface area contributed by atoms with E-state index in [1.807, 2.05) is 11.3 Å². The second-order valence-corrected chi connectivity index (χ2v) is 10.8. The summed E-state index contributed by atoms with van der Waals surface area (Å²) in [5, 5.41) is 11.8. The number of allylic oxidation sites excluding steroid dienone is 1. The third kappa shape index (κ3) is 2.54. The SMILES string of the molecule is CC1CC=Cc2c1c1sc3c4ccccc4n(C4=c5ccccc5=CCN4)c3c1c1ccccc21. The molecular formula is C32H24N2S. The van der Waals surface area contributed by atoms with Crippen LogP contribution in [0.2, 0.25) is 0 Å². The highest BCUT2D eigenvalue weighted by Crippen LogP contribution is 2.50. The van der Waals surface area contributed by atoms with E-state index in [4.69, 9.17) is 0 Å². The predicted octanol–water partition coefficient (Wildman–Crippen LogP) is 6.68. The van der Waals surface area contributed by atoms with Crippen LogP contribution in [0.1, 0.15) is 30.4 Å². The van der Waals surface area contributed by atoms with Crippen LogP contribution in [0.15, 0.2) is 78.9 Å². The molecule has 6 aromatic rings. The molecule has 1 atom stereocenters. The van der Waals surface area contributed by atoms with Crippen LogP contribution in [-0.4, -0.2) is 11.1 Å². The Bertz CT molecular complexity index is 2000. The summed E-state index contributed by atoms with van der Waals surface area (Å²) in [6.45, 7) is 3.22. The van der Waals surface area contributed by atoms with Gasteiger partial charge in [-0.25, -0.2) is 0 Å². The van der Waals surface area contributed by atoms with Crippen LogP contribution < -0.4 is 15.8 Å². The van der Waals surface area contributed by atoms with Gasteiger partial charge in [0.25, 0.3) is 0 Å². The lowest BCUT2D eigenvalue weighted by Crippen LogP contribution is -2.39. The quantitative estimate of drug-likeness (QED) is 0.285. The molecule has 3 heteroatoms. The minimum absolute atomic E-state index is 0.514. The molecule has 1 aliphatic heterocycles. The topological polar surface area (TPSA) is 17.0 Å². The zero-order chi connectivity index (χ0) is 23.1. The summed E-state index contributed by atoms with van der Waals surface area (Å²) in [4.78, 5) is 0. The van der Waals surface area contributed by atoms with Gasteiger partial charge in [-0.15, -0.1) is 11.3 Å². The highest BCUT2D eigenvalue weighted by atomic mass is 32.1. The van der Waals surface area contributed by atoms with E-state index in [1.54, 1.807) is 0 Å². The van der Waals surface area contributed by atoms with E-state index in [9.17, 15) is 0 Å². The number of thiophene rings is 1. The van der Waals surface area contributed by atoms with Crippen LogP contribution >= 0.6 is 11.3 Å². The fraction of sp³-hybridized carbons (Fsp3) is 0.125. The first-order chi connectivity index (χ1) is 17.3. The normalized spacial score (nSPS) is 17.1. The molecule has 0 fully saturated rings. The molecule has 1 N–H and O–H groups in total. The Morgan fingerprint density at radius 2 is 1.63 bits per heavy atom. The molecule has 0 amide bonds. The first-order valence-corrected chi connectivity index (χ1v) is 13.2. The number of rotatable bonds is 1. The third-order valence-corrected chi connectivity index (χ3v) is 9.06. The first kappa shape index (κ1) is 19.5. The molecular weight excluding hydrogens is 444 g/mol. The standard InChI is InChI=1S/C32H24N2S/c1-19-9-8-15-23-22-12-4-5-13-24(22)28-29-30(35-31(28)27(19)23)25-14-6-7-16-26(25)34(29)32-21-11-3-2-10-20(21)17-18-33-32/h2-8,10-17,19,33H,9,18H2,1H3. The Morgan fingerprint density at radius 3 is 2.54 bits per heavy atom. The summed E-state index contributed by atoms with van der Waals surface area (Å²) in [6, 6.07) is 26.7. The first-order valence-electron chi connectivity index (χ1n) is 12.4. The summed E-state index contributed by atoms with van der Waals surface area (Å²) >= 11 is 1.99. The molecule has 0 saturated carbocycles. The number of aromatic nitrogens is 1. The number of nitrogens with one attached hydrogen (secondary N) is 1. The zero-order valence-electron chi connectivity index (χ0n) is 19.5. The molecule has 0 radical (unpaired) electrons. The third-order valence-electron chi connectivity index (χ3n) is 7.82. The highest BCUT2D eigenvalue weighted by molar-refractivity contribution is 7.27. The maximum Gasteiger partial charge on any atom is 0.119 e. The van der Waals surface area contributed by atoms with Crippen LogP contribution in [-0.2, 0) is 0 Å². The zero-order valence-corrected chi connectivity index (χ0v) is 20.3. The second-order valence-electron chi connectivity index (χ2n) is 9.77. The van der Waals surface area contributed by atoms with Gasteiger partial charge in [-0.05, 0) is 45.5 Å². The lowest BCUT2D eigenvalue weighted by molar-refractivity contribution is 0.782. The Labute approximate surface area is 207 Å². The largest absolute Gasteiger partial charge is 0.367 e. The van der Waals surface area contributed by atoms with E-state index < -0.39 is 0 Å². The number of nitrogens with zero attached hydrogens (tertiary/aromatic N) is 1. The lowest BCUT2D eigenvalue weighted by atomic mass is 9.84. The van der Waals surface area contributed by atoms with Crippen molar-refractivity contribution >= 4 is 71.3 Å². The van der Waals surface area contributed by atoms with Crippen LogP contribution in [0.25, 0.3) is 60.0 Å². The van der Waals surface area contributed by atoms with Gasteiger partial charge in [0, 0.05) is 27.2 Å². The fourth-order valence-corrected chi connectivity index (χ4v) is 7.80. The Kier molecular flexibility index (Phi) is 3.95. The Hall–Kier alpha value is -3.82. The molecule has 0 spiro atoms. The number of benzene rings is 4. The summed E-state index contributed by atoms with van der Waals surface area (Å²) in [7, 11) is 0. The van der Waals surface area contributed by atoms with E-state index in [1.165, 1.54) is 69.4 Å². The molecule has 2 nitrogen and oxygen atoms in total. The van der Waals surface area contributed by atoms with Crippen molar-refractivity contribution in [3.05, 3.63) is 100 Å². The predicted molar refractivity (Wildman–Crippen MR) is 151 cm³/mol. The van der Waals surface area contributed by atoms with Crippen molar-refractivity contribution in [2.24, 2.45) is 0 Å². The smallest absolute Gasteiger partial charge is 0.119 e. The highest BCUT2D eigenvalue weighted by Gasteiger charge is 2.26. The number of hydrogen-bond donors (Lipinski definition) is 1. The maximum absolute atomic E-state index is 3.75. The average Bonchev–Trinajstić information content (AvgIpc) is 3.44. The monoisotopic (exact) mass is 468 g/mol. The molecule has 3 heterocycles. The van der Waals surface area contributed by atoms with Gasteiger partial charge in [-0.2, -0.15) is 0 Å². The van der Waals surface area contributed by atoms with Crippen molar-refractivity contribution in [1.82, 2.24) is 9.88 Å². The van der Waals surface area contributed by atoms with Crippen LogP contribution in [0.5, 0.6) is 0 Å². The summed E-state index contributed by atoms with van der Waals surface area (Å²) in [5.41, 5.74) is 5.54. The molecule has 8 rings (SSSR count). The van der Waals surface area contributed by atoms with E-state index in [0.29, 0.717) is 5.92 Å². The van der Waals surface area contributed by atoms with Crippen molar-refractivity contribution in [3.63, 3.8) is 0 Å². The van der Waals surface area contributed by atoms with Gasteiger partial charge in [0.1, 0.15) is 5.82 Å². The molecule has 168 valence electrons. The van der Waals surface area contributed by atoms with Gasteiger partial charge in [0.2, 0.25) is 0 Å². The molecule has 2 aliphatic rings. The van der Waals surface area contributed by atoms with Gasteiger partial charge in [0.05, 0.1) is 15.7 Å². The molecule has 0 bridgehead atoms. The fourth-order valence-electron chi connectivity index (χ4n) is 6.29. The van der Waals surface area contributed by atoms with Crippen LogP contribution in [0, 0.1) is 0 Å². The van der Waals surface area contributed by atoms with Crippen molar-refractivity contribution in [3.8, 4) is 0 Å². The Balaban J connectivity index is 1.68.